The van der Waals surface area contributed by atoms with E-state index in [1.807, 2.05) is 31.4 Å². The van der Waals surface area contributed by atoms with E-state index in [0.717, 1.165) is 5.56 Å². The Labute approximate surface area is 161 Å². The van der Waals surface area contributed by atoms with Crippen molar-refractivity contribution >= 4 is 10.9 Å². The summed E-state index contributed by atoms with van der Waals surface area (Å²) < 4.78 is 3.09. The first kappa shape index (κ1) is 18.0. The van der Waals surface area contributed by atoms with Crippen molar-refractivity contribution in [3.63, 3.8) is 0 Å². The van der Waals surface area contributed by atoms with Crippen LogP contribution in [-0.2, 0) is 13.6 Å². The number of aromatic nitrogens is 6. The smallest absolute Gasteiger partial charge is 0.261 e. The number of rotatable bonds is 4. The second-order valence-electron chi connectivity index (χ2n) is 7.36. The van der Waals surface area contributed by atoms with Gasteiger partial charge in [-0.2, -0.15) is 5.10 Å². The summed E-state index contributed by atoms with van der Waals surface area (Å²) in [6.07, 6.45) is 6.65. The van der Waals surface area contributed by atoms with Gasteiger partial charge in [-0.15, -0.1) is 0 Å². The van der Waals surface area contributed by atoms with Gasteiger partial charge in [0.25, 0.3) is 5.56 Å². The first-order valence-corrected chi connectivity index (χ1v) is 8.85. The minimum atomic E-state index is -1.04. The molecule has 4 aromatic heterocycles. The molecule has 0 aromatic carbocycles. The number of nitrogens with zero attached hydrogens (tertiary/aromatic N) is 6. The molecule has 4 heterocycles. The lowest BCUT2D eigenvalue weighted by molar-refractivity contribution is 0.0603. The van der Waals surface area contributed by atoms with E-state index >= 15 is 0 Å². The molecule has 0 aliphatic heterocycles. The Morgan fingerprint density at radius 3 is 2.64 bits per heavy atom. The number of pyridine rings is 2. The molecule has 8 heteroatoms. The molecule has 0 radical (unpaired) electrons. The lowest BCUT2D eigenvalue weighted by Crippen LogP contribution is -2.33. The minimum absolute atomic E-state index is 0.137. The Kier molecular flexibility index (Phi) is 4.27. The highest BCUT2D eigenvalue weighted by Crippen LogP contribution is 2.27. The predicted octanol–water partition coefficient (Wildman–Crippen LogP) is 2.02. The van der Waals surface area contributed by atoms with Crippen molar-refractivity contribution in [3.05, 3.63) is 59.5 Å². The van der Waals surface area contributed by atoms with Gasteiger partial charge >= 0.3 is 0 Å². The topological polar surface area (TPSA) is 98.7 Å². The fourth-order valence-corrected chi connectivity index (χ4v) is 3.09. The van der Waals surface area contributed by atoms with Crippen molar-refractivity contribution < 1.29 is 5.11 Å². The zero-order valence-electron chi connectivity index (χ0n) is 15.9. The Balaban J connectivity index is 2.01. The fraction of sp³-hybridized carbons (Fsp3) is 0.250. The van der Waals surface area contributed by atoms with Gasteiger partial charge in [0.1, 0.15) is 11.2 Å². The average molecular weight is 376 g/mol. The molecule has 0 amide bonds. The van der Waals surface area contributed by atoms with E-state index < -0.39 is 5.60 Å². The molecule has 0 spiro atoms. The van der Waals surface area contributed by atoms with Crippen LogP contribution in [-0.4, -0.2) is 40.0 Å². The number of hydrogen-bond acceptors (Lipinski definition) is 6. The molecular weight excluding hydrogens is 356 g/mol. The van der Waals surface area contributed by atoms with Crippen LogP contribution in [0.15, 0.2) is 54.0 Å². The van der Waals surface area contributed by atoms with Crippen LogP contribution >= 0.6 is 0 Å². The summed E-state index contributed by atoms with van der Waals surface area (Å²) >= 11 is 0. The highest BCUT2D eigenvalue weighted by molar-refractivity contribution is 5.93. The number of aliphatic hydroxyl groups is 1. The van der Waals surface area contributed by atoms with Gasteiger partial charge in [-0.1, -0.05) is 6.07 Å². The molecule has 4 rings (SSSR count). The molecule has 0 atom stereocenters. The first-order chi connectivity index (χ1) is 13.3. The maximum Gasteiger partial charge on any atom is 0.261 e. The van der Waals surface area contributed by atoms with E-state index in [1.54, 1.807) is 37.0 Å². The van der Waals surface area contributed by atoms with Crippen LogP contribution in [0.1, 0.15) is 13.8 Å². The third kappa shape index (κ3) is 3.41. The zero-order valence-corrected chi connectivity index (χ0v) is 15.9. The molecular formula is C20H20N6O2. The highest BCUT2D eigenvalue weighted by atomic mass is 16.3. The van der Waals surface area contributed by atoms with Crippen LogP contribution in [0.5, 0.6) is 0 Å². The lowest BCUT2D eigenvalue weighted by atomic mass is 10.1. The summed E-state index contributed by atoms with van der Waals surface area (Å²) in [5, 5.41) is 14.7. The van der Waals surface area contributed by atoms with Gasteiger partial charge in [0, 0.05) is 25.0 Å². The summed E-state index contributed by atoms with van der Waals surface area (Å²) in [4.78, 5) is 26.7. The maximum atomic E-state index is 13.1. The van der Waals surface area contributed by atoms with E-state index in [2.05, 4.69) is 15.1 Å². The third-order valence-corrected chi connectivity index (χ3v) is 4.27. The first-order valence-electron chi connectivity index (χ1n) is 8.85. The Morgan fingerprint density at radius 2 is 2.00 bits per heavy atom. The van der Waals surface area contributed by atoms with Gasteiger partial charge < -0.3 is 5.11 Å². The van der Waals surface area contributed by atoms with Crippen LogP contribution in [0.4, 0.5) is 0 Å². The summed E-state index contributed by atoms with van der Waals surface area (Å²) in [5.41, 5.74) is 1.78. The Hall–Kier alpha value is -3.39. The SMILES string of the molecule is Cn1cc(-c2nc(-c3ccccn3)cc3c(=O)n(CC(C)(C)O)cnc23)cn1. The summed E-state index contributed by atoms with van der Waals surface area (Å²) in [7, 11) is 1.82. The highest BCUT2D eigenvalue weighted by Gasteiger charge is 2.19. The van der Waals surface area contributed by atoms with E-state index in [9.17, 15) is 9.90 Å². The Bertz CT molecular complexity index is 1210. The average Bonchev–Trinajstić information content (AvgIpc) is 3.09. The van der Waals surface area contributed by atoms with Crippen LogP contribution in [0.3, 0.4) is 0 Å². The summed E-state index contributed by atoms with van der Waals surface area (Å²) in [5.74, 6) is 0. The zero-order chi connectivity index (χ0) is 19.9. The Morgan fingerprint density at radius 1 is 1.18 bits per heavy atom. The quantitative estimate of drug-likeness (QED) is 0.585. The van der Waals surface area contributed by atoms with Gasteiger partial charge in [0.05, 0.1) is 41.4 Å². The predicted molar refractivity (Wildman–Crippen MR) is 106 cm³/mol. The van der Waals surface area contributed by atoms with Gasteiger partial charge in [0.2, 0.25) is 0 Å². The summed E-state index contributed by atoms with van der Waals surface area (Å²) in [6, 6.07) is 7.23. The maximum absolute atomic E-state index is 13.1. The molecule has 1 N–H and O–H groups in total. The van der Waals surface area contributed by atoms with Crippen molar-refractivity contribution in [1.29, 1.82) is 0 Å². The third-order valence-electron chi connectivity index (χ3n) is 4.27. The lowest BCUT2D eigenvalue weighted by Gasteiger charge is -2.18. The van der Waals surface area contributed by atoms with E-state index in [-0.39, 0.29) is 12.1 Å². The van der Waals surface area contributed by atoms with Gasteiger partial charge in [-0.05, 0) is 32.0 Å². The molecule has 0 saturated carbocycles. The van der Waals surface area contributed by atoms with Crippen LogP contribution < -0.4 is 5.56 Å². The van der Waals surface area contributed by atoms with Gasteiger partial charge in [-0.25, -0.2) is 9.97 Å². The monoisotopic (exact) mass is 376 g/mol. The second-order valence-corrected chi connectivity index (χ2v) is 7.36. The van der Waals surface area contributed by atoms with Crippen molar-refractivity contribution in [1.82, 2.24) is 29.3 Å². The van der Waals surface area contributed by atoms with E-state index in [1.165, 1.54) is 10.9 Å². The normalized spacial score (nSPS) is 11.9. The van der Waals surface area contributed by atoms with E-state index in [0.29, 0.717) is 28.0 Å². The van der Waals surface area contributed by atoms with Crippen molar-refractivity contribution in [2.45, 2.75) is 26.0 Å². The standard InChI is InChI=1S/C20H20N6O2/c1-20(2,28)11-26-12-22-18-14(19(26)27)8-16(15-6-4-5-7-21-15)24-17(18)13-9-23-25(3)10-13/h4-10,12,28H,11H2,1-3H3. The van der Waals surface area contributed by atoms with Gasteiger partial charge in [0.15, 0.2) is 0 Å². The largest absolute Gasteiger partial charge is 0.389 e. The fourth-order valence-electron chi connectivity index (χ4n) is 3.09. The summed E-state index contributed by atoms with van der Waals surface area (Å²) in [6.45, 7) is 3.44. The van der Waals surface area contributed by atoms with Crippen molar-refractivity contribution in [2.24, 2.45) is 7.05 Å². The molecule has 0 unspecified atom stereocenters. The molecule has 0 saturated heterocycles. The minimum Gasteiger partial charge on any atom is -0.389 e. The molecule has 0 aliphatic carbocycles. The van der Waals surface area contributed by atoms with Crippen molar-refractivity contribution in [2.75, 3.05) is 0 Å². The molecule has 4 aromatic rings. The number of hydrogen-bond donors (Lipinski definition) is 1. The molecule has 0 bridgehead atoms. The van der Waals surface area contributed by atoms with Crippen LogP contribution in [0, 0.1) is 0 Å². The molecule has 8 nitrogen and oxygen atoms in total. The molecule has 142 valence electrons. The van der Waals surface area contributed by atoms with Crippen molar-refractivity contribution in [3.8, 4) is 22.6 Å². The van der Waals surface area contributed by atoms with Gasteiger partial charge in [-0.3, -0.25) is 19.0 Å². The van der Waals surface area contributed by atoms with Crippen LogP contribution in [0.2, 0.25) is 0 Å². The number of fused-ring (bicyclic) bond motifs is 1. The van der Waals surface area contributed by atoms with E-state index in [4.69, 9.17) is 4.98 Å². The number of aryl methyl sites for hydroxylation is 1. The second kappa shape index (κ2) is 6.65. The molecule has 28 heavy (non-hydrogen) atoms. The van der Waals surface area contributed by atoms with Crippen LogP contribution in [0.25, 0.3) is 33.5 Å². The molecule has 0 fully saturated rings. The molecule has 0 aliphatic rings.